The van der Waals surface area contributed by atoms with Crippen molar-refractivity contribution in [2.24, 2.45) is 5.92 Å². The maximum Gasteiger partial charge on any atom is 0.251 e. The predicted molar refractivity (Wildman–Crippen MR) is 84.3 cm³/mol. The number of carbonyl (C=O) groups is 1. The van der Waals surface area contributed by atoms with Crippen molar-refractivity contribution < 1.29 is 9.90 Å². The first-order valence-electron chi connectivity index (χ1n) is 6.87. The van der Waals surface area contributed by atoms with Crippen molar-refractivity contribution in [1.82, 2.24) is 5.32 Å². The Morgan fingerprint density at radius 1 is 1.37 bits per heavy atom. The van der Waals surface area contributed by atoms with Crippen LogP contribution >= 0.6 is 22.6 Å². The number of rotatable bonds is 3. The Labute approximate surface area is 127 Å². The average Bonchev–Trinajstić information content (AvgIpc) is 2.42. The van der Waals surface area contributed by atoms with Crippen molar-refractivity contribution in [2.75, 3.05) is 0 Å². The van der Waals surface area contributed by atoms with E-state index in [2.05, 4.69) is 12.2 Å². The molecule has 1 amide bonds. The van der Waals surface area contributed by atoms with Crippen molar-refractivity contribution >= 4 is 28.5 Å². The minimum absolute atomic E-state index is 0.0928. The summed E-state index contributed by atoms with van der Waals surface area (Å²) in [7, 11) is 0. The molecule has 2 rings (SSSR count). The molecule has 1 aliphatic rings. The third-order valence-corrected chi connectivity index (χ3v) is 4.84. The molecule has 0 spiro atoms. The molecule has 1 aliphatic carbocycles. The Kier molecular flexibility index (Phi) is 5.07. The third kappa shape index (κ3) is 3.84. The van der Waals surface area contributed by atoms with E-state index in [0.29, 0.717) is 11.5 Å². The summed E-state index contributed by atoms with van der Waals surface area (Å²) in [6, 6.07) is 5.25. The molecule has 1 aromatic carbocycles. The number of hydrogen-bond acceptors (Lipinski definition) is 2. The molecular weight excluding hydrogens is 353 g/mol. The zero-order chi connectivity index (χ0) is 13.8. The maximum absolute atomic E-state index is 12.1. The number of carbonyl (C=O) groups excluding carboxylic acids is 1. The Hall–Kier alpha value is -0.780. The molecule has 1 fully saturated rings. The van der Waals surface area contributed by atoms with E-state index in [4.69, 9.17) is 0 Å². The number of amides is 1. The van der Waals surface area contributed by atoms with Crippen molar-refractivity contribution in [3.8, 4) is 5.75 Å². The molecule has 0 bridgehead atoms. The van der Waals surface area contributed by atoms with Crippen LogP contribution in [0.15, 0.2) is 18.2 Å². The van der Waals surface area contributed by atoms with Crippen LogP contribution in [0.3, 0.4) is 0 Å². The summed E-state index contributed by atoms with van der Waals surface area (Å²) in [5, 5.41) is 12.7. The van der Waals surface area contributed by atoms with Crippen LogP contribution in [0.2, 0.25) is 0 Å². The zero-order valence-corrected chi connectivity index (χ0v) is 13.3. The SMILES string of the molecule is CC(NC(=O)c1ccc(I)c(O)c1)C1CCCCC1. The van der Waals surface area contributed by atoms with Gasteiger partial charge in [-0.3, -0.25) is 4.79 Å². The van der Waals surface area contributed by atoms with Crippen molar-refractivity contribution in [1.29, 1.82) is 0 Å². The van der Waals surface area contributed by atoms with Gasteiger partial charge in [-0.05, 0) is 66.5 Å². The van der Waals surface area contributed by atoms with Crippen LogP contribution in [-0.4, -0.2) is 17.1 Å². The maximum atomic E-state index is 12.1. The fourth-order valence-electron chi connectivity index (χ4n) is 2.70. The Balaban J connectivity index is 1.97. The summed E-state index contributed by atoms with van der Waals surface area (Å²) in [5.41, 5.74) is 0.528. The van der Waals surface area contributed by atoms with Gasteiger partial charge in [0.05, 0.1) is 3.57 Å². The topological polar surface area (TPSA) is 49.3 Å². The standard InChI is InChI=1S/C15H20INO2/c1-10(11-5-3-2-4-6-11)17-15(19)12-7-8-13(16)14(18)9-12/h7-11,18H,2-6H2,1H3,(H,17,19). The van der Waals surface area contributed by atoms with Gasteiger partial charge in [-0.25, -0.2) is 0 Å². The first-order valence-corrected chi connectivity index (χ1v) is 7.95. The number of phenolic OH excluding ortho intramolecular Hbond substituents is 1. The zero-order valence-electron chi connectivity index (χ0n) is 11.2. The van der Waals surface area contributed by atoms with Gasteiger partial charge < -0.3 is 10.4 Å². The molecule has 19 heavy (non-hydrogen) atoms. The van der Waals surface area contributed by atoms with Crippen LogP contribution < -0.4 is 5.32 Å². The number of aromatic hydroxyl groups is 1. The summed E-state index contributed by atoms with van der Waals surface area (Å²) in [6.07, 6.45) is 6.28. The monoisotopic (exact) mass is 373 g/mol. The summed E-state index contributed by atoms with van der Waals surface area (Å²) < 4.78 is 0.759. The second-order valence-corrected chi connectivity index (χ2v) is 6.49. The van der Waals surface area contributed by atoms with Gasteiger partial charge in [-0.2, -0.15) is 0 Å². The van der Waals surface area contributed by atoms with Gasteiger partial charge in [0.25, 0.3) is 5.91 Å². The van der Waals surface area contributed by atoms with Crippen LogP contribution in [0.4, 0.5) is 0 Å². The van der Waals surface area contributed by atoms with Crippen molar-refractivity contribution in [2.45, 2.75) is 45.1 Å². The minimum atomic E-state index is -0.0928. The number of hydrogen-bond donors (Lipinski definition) is 2. The van der Waals surface area contributed by atoms with Crippen LogP contribution in [0.1, 0.15) is 49.4 Å². The molecule has 1 unspecified atom stereocenters. The predicted octanol–water partition coefficient (Wildman–Crippen LogP) is 3.70. The highest BCUT2D eigenvalue weighted by molar-refractivity contribution is 14.1. The van der Waals surface area contributed by atoms with E-state index in [-0.39, 0.29) is 17.7 Å². The third-order valence-electron chi connectivity index (χ3n) is 3.92. The molecule has 1 aromatic rings. The lowest BCUT2D eigenvalue weighted by Gasteiger charge is -2.28. The lowest BCUT2D eigenvalue weighted by atomic mass is 9.84. The molecule has 2 N–H and O–H groups in total. The first kappa shape index (κ1) is 14.6. The van der Waals surface area contributed by atoms with Gasteiger partial charge in [0.1, 0.15) is 5.75 Å². The van der Waals surface area contributed by atoms with Gasteiger partial charge >= 0.3 is 0 Å². The van der Waals surface area contributed by atoms with Gasteiger partial charge in [-0.1, -0.05) is 19.3 Å². The summed E-state index contributed by atoms with van der Waals surface area (Å²) in [4.78, 5) is 12.1. The Morgan fingerprint density at radius 3 is 2.68 bits per heavy atom. The van der Waals surface area contributed by atoms with Gasteiger partial charge in [0.2, 0.25) is 0 Å². The molecule has 0 aromatic heterocycles. The van der Waals surface area contributed by atoms with Gasteiger partial charge in [0, 0.05) is 11.6 Å². The van der Waals surface area contributed by atoms with E-state index in [0.717, 1.165) is 3.57 Å². The number of nitrogens with one attached hydrogen (secondary N) is 1. The lowest BCUT2D eigenvalue weighted by Crippen LogP contribution is -2.38. The Bertz CT molecular complexity index is 455. The minimum Gasteiger partial charge on any atom is -0.507 e. The van der Waals surface area contributed by atoms with Crippen LogP contribution in [0.5, 0.6) is 5.75 Å². The average molecular weight is 373 g/mol. The highest BCUT2D eigenvalue weighted by Gasteiger charge is 2.22. The van der Waals surface area contributed by atoms with Gasteiger partial charge in [-0.15, -0.1) is 0 Å². The number of halogens is 1. The molecule has 0 radical (unpaired) electrons. The van der Waals surface area contributed by atoms with E-state index in [9.17, 15) is 9.90 Å². The molecule has 0 heterocycles. The van der Waals surface area contributed by atoms with E-state index in [1.165, 1.54) is 38.2 Å². The fourth-order valence-corrected chi connectivity index (χ4v) is 3.03. The molecule has 3 nitrogen and oxygen atoms in total. The largest absolute Gasteiger partial charge is 0.507 e. The van der Waals surface area contributed by atoms with Gasteiger partial charge in [0.15, 0.2) is 0 Å². The molecule has 0 saturated heterocycles. The van der Waals surface area contributed by atoms with Crippen LogP contribution in [-0.2, 0) is 0 Å². The highest BCUT2D eigenvalue weighted by atomic mass is 127. The second kappa shape index (κ2) is 6.59. The lowest BCUT2D eigenvalue weighted by molar-refractivity contribution is 0.0919. The number of phenols is 1. The van der Waals surface area contributed by atoms with Crippen LogP contribution in [0.25, 0.3) is 0 Å². The normalized spacial score (nSPS) is 18.0. The summed E-state index contributed by atoms with van der Waals surface area (Å²) >= 11 is 2.04. The quantitative estimate of drug-likeness (QED) is 0.794. The summed E-state index contributed by atoms with van der Waals surface area (Å²) in [5.74, 6) is 0.665. The molecule has 0 aliphatic heterocycles. The second-order valence-electron chi connectivity index (χ2n) is 5.33. The van der Waals surface area contributed by atoms with E-state index >= 15 is 0 Å². The fraction of sp³-hybridized carbons (Fsp3) is 0.533. The molecule has 4 heteroatoms. The molecule has 104 valence electrons. The number of benzene rings is 1. The van der Waals surface area contributed by atoms with Crippen LogP contribution in [0, 0.1) is 9.49 Å². The van der Waals surface area contributed by atoms with E-state index in [1.54, 1.807) is 12.1 Å². The summed E-state index contributed by atoms with van der Waals surface area (Å²) in [6.45, 7) is 2.08. The highest BCUT2D eigenvalue weighted by Crippen LogP contribution is 2.26. The molecule has 1 saturated carbocycles. The van der Waals surface area contributed by atoms with E-state index in [1.807, 2.05) is 22.6 Å². The smallest absolute Gasteiger partial charge is 0.251 e. The van der Waals surface area contributed by atoms with Crippen molar-refractivity contribution in [3.63, 3.8) is 0 Å². The Morgan fingerprint density at radius 2 is 2.05 bits per heavy atom. The van der Waals surface area contributed by atoms with Crippen molar-refractivity contribution in [3.05, 3.63) is 27.3 Å². The van der Waals surface area contributed by atoms with E-state index < -0.39 is 0 Å². The molecule has 1 atom stereocenters. The first-order chi connectivity index (χ1) is 9.08. The molecular formula is C15H20INO2.